The molecule has 0 aliphatic heterocycles. The van der Waals surface area contributed by atoms with Crippen molar-refractivity contribution in [1.29, 1.82) is 0 Å². The number of hydrogen-bond acceptors (Lipinski definition) is 4. The number of aromatic nitrogens is 4. The Morgan fingerprint density at radius 1 is 1.19 bits per heavy atom. The summed E-state index contributed by atoms with van der Waals surface area (Å²) in [5.41, 5.74) is 0.981. The second kappa shape index (κ2) is 3.92. The molecule has 82 valence electrons. The van der Waals surface area contributed by atoms with Gasteiger partial charge in [-0.15, -0.1) is 0 Å². The van der Waals surface area contributed by atoms with E-state index in [-0.39, 0.29) is 0 Å². The van der Waals surface area contributed by atoms with Crippen molar-refractivity contribution in [3.8, 4) is 5.69 Å². The van der Waals surface area contributed by atoms with Gasteiger partial charge in [-0.3, -0.25) is 0 Å². The van der Waals surface area contributed by atoms with Gasteiger partial charge in [-0.25, -0.2) is 0 Å². The number of nitrogens with one attached hydrogen (secondary N) is 1. The first-order valence-electron chi connectivity index (χ1n) is 5.54. The highest BCUT2D eigenvalue weighted by molar-refractivity contribution is 5.39. The van der Waals surface area contributed by atoms with Crippen molar-refractivity contribution in [3.05, 3.63) is 30.3 Å². The summed E-state index contributed by atoms with van der Waals surface area (Å²) >= 11 is 0. The minimum atomic E-state index is 0.536. The topological polar surface area (TPSA) is 55.6 Å². The molecule has 0 unspecified atom stereocenters. The zero-order chi connectivity index (χ0) is 10.8. The summed E-state index contributed by atoms with van der Waals surface area (Å²) in [4.78, 5) is 0. The largest absolute Gasteiger partial charge is 0.350 e. The molecule has 1 saturated carbocycles. The van der Waals surface area contributed by atoms with Crippen LogP contribution in [0.25, 0.3) is 5.69 Å². The standard InChI is InChI=1S/C11H13N5/c1-2-7-10(8-3-1)16-11(13-14-15-16)12-9-5-4-6-9/h1-3,7-9H,4-6H2,(H,12,13,15). The third kappa shape index (κ3) is 1.64. The third-order valence-corrected chi connectivity index (χ3v) is 2.91. The van der Waals surface area contributed by atoms with Crippen LogP contribution < -0.4 is 5.32 Å². The van der Waals surface area contributed by atoms with Gasteiger partial charge in [0.2, 0.25) is 5.95 Å². The molecular formula is C11H13N5. The number of nitrogens with zero attached hydrogens (tertiary/aromatic N) is 4. The molecule has 1 aromatic heterocycles. The van der Waals surface area contributed by atoms with E-state index in [4.69, 9.17) is 0 Å². The van der Waals surface area contributed by atoms with E-state index in [1.807, 2.05) is 30.3 Å². The van der Waals surface area contributed by atoms with Gasteiger partial charge in [-0.1, -0.05) is 23.3 Å². The van der Waals surface area contributed by atoms with E-state index in [2.05, 4.69) is 20.8 Å². The van der Waals surface area contributed by atoms with Crippen LogP contribution in [0.3, 0.4) is 0 Å². The van der Waals surface area contributed by atoms with Gasteiger partial charge in [0.05, 0.1) is 5.69 Å². The van der Waals surface area contributed by atoms with E-state index in [0.29, 0.717) is 6.04 Å². The lowest BCUT2D eigenvalue weighted by Gasteiger charge is -2.26. The van der Waals surface area contributed by atoms with Crippen molar-refractivity contribution < 1.29 is 0 Å². The van der Waals surface area contributed by atoms with E-state index < -0.39 is 0 Å². The average molecular weight is 215 g/mol. The Bertz CT molecular complexity index is 460. The molecule has 0 amide bonds. The third-order valence-electron chi connectivity index (χ3n) is 2.91. The Hall–Kier alpha value is -1.91. The molecule has 0 bridgehead atoms. The highest BCUT2D eigenvalue weighted by Gasteiger charge is 2.19. The fourth-order valence-electron chi connectivity index (χ4n) is 1.76. The molecule has 1 fully saturated rings. The van der Waals surface area contributed by atoms with Crippen molar-refractivity contribution in [2.24, 2.45) is 0 Å². The molecule has 16 heavy (non-hydrogen) atoms. The van der Waals surface area contributed by atoms with Gasteiger partial charge in [0.15, 0.2) is 0 Å². The van der Waals surface area contributed by atoms with Crippen LogP contribution in [0.15, 0.2) is 30.3 Å². The van der Waals surface area contributed by atoms with E-state index in [1.54, 1.807) is 4.68 Å². The second-order valence-corrected chi connectivity index (χ2v) is 4.02. The molecule has 5 heteroatoms. The summed E-state index contributed by atoms with van der Waals surface area (Å²) in [7, 11) is 0. The second-order valence-electron chi connectivity index (χ2n) is 4.02. The Labute approximate surface area is 93.5 Å². The summed E-state index contributed by atoms with van der Waals surface area (Å²) in [5.74, 6) is 0.732. The maximum atomic E-state index is 4.01. The van der Waals surface area contributed by atoms with E-state index >= 15 is 0 Å². The van der Waals surface area contributed by atoms with Crippen LogP contribution in [0.1, 0.15) is 19.3 Å². The van der Waals surface area contributed by atoms with Gasteiger partial charge in [0.1, 0.15) is 0 Å². The molecular weight excluding hydrogens is 202 g/mol. The van der Waals surface area contributed by atoms with Crippen LogP contribution in [0.2, 0.25) is 0 Å². The quantitative estimate of drug-likeness (QED) is 0.845. The van der Waals surface area contributed by atoms with E-state index in [1.165, 1.54) is 19.3 Å². The number of rotatable bonds is 3. The van der Waals surface area contributed by atoms with Gasteiger partial charge in [0.25, 0.3) is 0 Å². The summed E-state index contributed by atoms with van der Waals surface area (Å²) in [6.07, 6.45) is 3.72. The number of benzene rings is 1. The van der Waals surface area contributed by atoms with Gasteiger partial charge in [-0.2, -0.15) is 4.68 Å². The van der Waals surface area contributed by atoms with Crippen molar-refractivity contribution in [3.63, 3.8) is 0 Å². The van der Waals surface area contributed by atoms with Gasteiger partial charge in [0, 0.05) is 6.04 Å². The molecule has 0 spiro atoms. The van der Waals surface area contributed by atoms with Crippen molar-refractivity contribution >= 4 is 5.95 Å². The predicted octanol–water partition coefficient (Wildman–Crippen LogP) is 1.63. The Morgan fingerprint density at radius 2 is 2.00 bits per heavy atom. The molecule has 1 aromatic carbocycles. The molecule has 2 aromatic rings. The van der Waals surface area contributed by atoms with E-state index in [0.717, 1.165) is 11.6 Å². The van der Waals surface area contributed by atoms with Crippen LogP contribution in [-0.2, 0) is 0 Å². The summed E-state index contributed by atoms with van der Waals surface area (Å²) in [5, 5.41) is 15.1. The zero-order valence-electron chi connectivity index (χ0n) is 8.87. The first-order valence-corrected chi connectivity index (χ1v) is 5.54. The number of tetrazole rings is 1. The Kier molecular flexibility index (Phi) is 2.29. The van der Waals surface area contributed by atoms with Crippen LogP contribution in [-0.4, -0.2) is 26.2 Å². The molecule has 0 radical (unpaired) electrons. The van der Waals surface area contributed by atoms with Crippen LogP contribution >= 0.6 is 0 Å². The Balaban J connectivity index is 1.87. The average Bonchev–Trinajstić information content (AvgIpc) is 2.73. The van der Waals surface area contributed by atoms with Gasteiger partial charge < -0.3 is 5.32 Å². The van der Waals surface area contributed by atoms with Gasteiger partial charge >= 0.3 is 0 Å². The molecule has 1 N–H and O–H groups in total. The van der Waals surface area contributed by atoms with Crippen molar-refractivity contribution in [1.82, 2.24) is 20.2 Å². The number of para-hydroxylation sites is 1. The molecule has 1 aliphatic carbocycles. The molecule has 1 aliphatic rings. The maximum Gasteiger partial charge on any atom is 0.247 e. The Morgan fingerprint density at radius 3 is 2.69 bits per heavy atom. The highest BCUT2D eigenvalue weighted by atomic mass is 15.6. The normalized spacial score (nSPS) is 15.8. The lowest BCUT2D eigenvalue weighted by molar-refractivity contribution is 0.442. The summed E-state index contributed by atoms with van der Waals surface area (Å²) in [6, 6.07) is 10.4. The SMILES string of the molecule is c1ccc(-n2nnnc2NC2CCC2)cc1. The van der Waals surface area contributed by atoms with Gasteiger partial charge in [-0.05, 0) is 41.8 Å². The summed E-state index contributed by atoms with van der Waals surface area (Å²) in [6.45, 7) is 0. The lowest BCUT2D eigenvalue weighted by Crippen LogP contribution is -2.28. The van der Waals surface area contributed by atoms with Crippen molar-refractivity contribution in [2.45, 2.75) is 25.3 Å². The first-order chi connectivity index (χ1) is 7.93. The lowest BCUT2D eigenvalue weighted by atomic mass is 9.93. The minimum Gasteiger partial charge on any atom is -0.350 e. The fraction of sp³-hybridized carbons (Fsp3) is 0.364. The number of anilines is 1. The van der Waals surface area contributed by atoms with E-state index in [9.17, 15) is 0 Å². The zero-order valence-corrected chi connectivity index (χ0v) is 8.87. The predicted molar refractivity (Wildman–Crippen MR) is 60.4 cm³/mol. The summed E-state index contributed by atoms with van der Waals surface area (Å²) < 4.78 is 1.73. The van der Waals surface area contributed by atoms with Crippen LogP contribution in [0.4, 0.5) is 5.95 Å². The molecule has 0 saturated heterocycles. The van der Waals surface area contributed by atoms with Crippen LogP contribution in [0.5, 0.6) is 0 Å². The number of hydrogen-bond donors (Lipinski definition) is 1. The first kappa shape index (κ1) is 9.33. The highest BCUT2D eigenvalue weighted by Crippen LogP contribution is 2.22. The monoisotopic (exact) mass is 215 g/mol. The van der Waals surface area contributed by atoms with Crippen molar-refractivity contribution in [2.75, 3.05) is 5.32 Å². The van der Waals surface area contributed by atoms with Crippen LogP contribution in [0, 0.1) is 0 Å². The minimum absolute atomic E-state index is 0.536. The molecule has 5 nitrogen and oxygen atoms in total. The smallest absolute Gasteiger partial charge is 0.247 e. The maximum absolute atomic E-state index is 4.01. The molecule has 3 rings (SSSR count). The molecule has 0 atom stereocenters. The fourth-order valence-corrected chi connectivity index (χ4v) is 1.76. The molecule has 1 heterocycles.